The number of carbonyl (C=O) groups excluding carboxylic acids is 2. The van der Waals surface area contributed by atoms with Crippen molar-refractivity contribution in [3.05, 3.63) is 34.9 Å². The lowest BCUT2D eigenvalue weighted by Gasteiger charge is -2.24. The minimum atomic E-state index is -0.424. The molecule has 3 nitrogen and oxygen atoms in total. The van der Waals surface area contributed by atoms with Crippen LogP contribution in [0, 0.1) is 16.7 Å². The summed E-state index contributed by atoms with van der Waals surface area (Å²) in [5.74, 6) is 0.730. The fraction of sp³-hybridized carbons (Fsp3) is 0.704. The molecule has 1 fully saturated rings. The summed E-state index contributed by atoms with van der Waals surface area (Å²) in [5, 5.41) is 10.7. The van der Waals surface area contributed by atoms with Crippen LogP contribution in [-0.4, -0.2) is 22.8 Å². The molecule has 168 valence electrons. The van der Waals surface area contributed by atoms with E-state index < -0.39 is 6.10 Å². The molecule has 1 atom stereocenters. The van der Waals surface area contributed by atoms with Gasteiger partial charge in [0.15, 0.2) is 11.6 Å². The van der Waals surface area contributed by atoms with Crippen molar-refractivity contribution in [3.8, 4) is 0 Å². The number of ketones is 2. The first kappa shape index (κ1) is 24.8. The molecule has 1 aliphatic carbocycles. The summed E-state index contributed by atoms with van der Waals surface area (Å²) in [6.45, 7) is 12.3. The quantitative estimate of drug-likeness (QED) is 0.476. The Labute approximate surface area is 183 Å². The van der Waals surface area contributed by atoms with E-state index in [1.54, 1.807) is 6.07 Å². The van der Waals surface area contributed by atoms with Gasteiger partial charge in [0.1, 0.15) is 0 Å². The van der Waals surface area contributed by atoms with Crippen LogP contribution in [0.3, 0.4) is 0 Å². The van der Waals surface area contributed by atoms with Crippen molar-refractivity contribution in [2.24, 2.45) is 16.7 Å². The van der Waals surface area contributed by atoms with Gasteiger partial charge in [-0.05, 0) is 53.4 Å². The van der Waals surface area contributed by atoms with Gasteiger partial charge < -0.3 is 5.11 Å². The lowest BCUT2D eigenvalue weighted by Crippen LogP contribution is -2.19. The van der Waals surface area contributed by atoms with Crippen LogP contribution in [0.25, 0.3) is 0 Å². The van der Waals surface area contributed by atoms with Gasteiger partial charge in [0.25, 0.3) is 0 Å². The Balaban J connectivity index is 2.23. The van der Waals surface area contributed by atoms with Gasteiger partial charge in [0.2, 0.25) is 0 Å². The topological polar surface area (TPSA) is 54.4 Å². The summed E-state index contributed by atoms with van der Waals surface area (Å²) in [7, 11) is 0. The maximum atomic E-state index is 12.9. The smallest absolute Gasteiger partial charge is 0.163 e. The summed E-state index contributed by atoms with van der Waals surface area (Å²) in [5.41, 5.74) is 1.89. The molecule has 0 aromatic heterocycles. The predicted octanol–water partition coefficient (Wildman–Crippen LogP) is 6.80. The molecule has 1 aromatic carbocycles. The van der Waals surface area contributed by atoms with Crippen LogP contribution in [0.2, 0.25) is 0 Å². The molecule has 2 rings (SSSR count). The highest BCUT2D eigenvalue weighted by atomic mass is 16.3. The van der Waals surface area contributed by atoms with Crippen LogP contribution < -0.4 is 0 Å². The second kappa shape index (κ2) is 10.2. The fourth-order valence-corrected chi connectivity index (χ4v) is 4.46. The van der Waals surface area contributed by atoms with Gasteiger partial charge in [0.05, 0.1) is 6.10 Å². The second-order valence-corrected chi connectivity index (χ2v) is 11.8. The number of hydrogen-bond donors (Lipinski definition) is 1. The predicted molar refractivity (Wildman–Crippen MR) is 124 cm³/mol. The lowest BCUT2D eigenvalue weighted by atomic mass is 9.83. The third kappa shape index (κ3) is 8.71. The van der Waals surface area contributed by atoms with Gasteiger partial charge in [-0.2, -0.15) is 0 Å². The largest absolute Gasteiger partial charge is 0.393 e. The summed E-state index contributed by atoms with van der Waals surface area (Å²) >= 11 is 0. The molecule has 0 saturated heterocycles. The number of rotatable bonds is 8. The molecule has 0 amide bonds. The van der Waals surface area contributed by atoms with E-state index in [1.807, 2.05) is 53.7 Å². The van der Waals surface area contributed by atoms with Gasteiger partial charge in [-0.25, -0.2) is 0 Å². The Morgan fingerprint density at radius 2 is 1.33 bits per heavy atom. The molecule has 1 N–H and O–H groups in total. The van der Waals surface area contributed by atoms with E-state index in [0.717, 1.165) is 12.0 Å². The normalized spacial score (nSPS) is 17.0. The highest BCUT2D eigenvalue weighted by Gasteiger charge is 2.23. The zero-order valence-electron chi connectivity index (χ0n) is 20.0. The molecule has 30 heavy (non-hydrogen) atoms. The van der Waals surface area contributed by atoms with Crippen molar-refractivity contribution >= 4 is 11.6 Å². The van der Waals surface area contributed by atoms with E-state index in [9.17, 15) is 14.7 Å². The summed E-state index contributed by atoms with van der Waals surface area (Å²) in [6, 6.07) is 5.55. The van der Waals surface area contributed by atoms with Crippen molar-refractivity contribution < 1.29 is 14.7 Å². The standard InChI is InChI=1S/C27H42O3/c1-26(2,3)17-24(29)21-12-20(13-22(16-21)25(30)18-27(4,5)6)15-23(28)14-19-10-8-7-9-11-19/h12-13,16,19,23,28H,7-11,14-15,17-18H2,1-6H3. The molecule has 1 unspecified atom stereocenters. The molecular weight excluding hydrogens is 372 g/mol. The molecule has 0 heterocycles. The number of Topliss-reactive ketones (excluding diaryl/α,β-unsaturated/α-hetero) is 2. The average Bonchev–Trinajstić information content (AvgIpc) is 2.59. The summed E-state index contributed by atoms with van der Waals surface area (Å²) in [4.78, 5) is 25.8. The molecule has 0 bridgehead atoms. The Kier molecular flexibility index (Phi) is 8.44. The zero-order chi connectivity index (χ0) is 22.5. The maximum absolute atomic E-state index is 12.9. The minimum absolute atomic E-state index is 0.0657. The Bertz CT molecular complexity index is 681. The van der Waals surface area contributed by atoms with Crippen molar-refractivity contribution in [2.45, 2.75) is 105 Å². The molecule has 0 radical (unpaired) electrons. The third-order valence-corrected chi connectivity index (χ3v) is 5.82. The Hall–Kier alpha value is -1.48. The zero-order valence-corrected chi connectivity index (χ0v) is 20.0. The van der Waals surface area contributed by atoms with E-state index in [1.165, 1.54) is 32.1 Å². The molecule has 1 aromatic rings. The lowest BCUT2D eigenvalue weighted by molar-refractivity contribution is 0.0938. The van der Waals surface area contributed by atoms with Crippen molar-refractivity contribution in [1.82, 2.24) is 0 Å². The van der Waals surface area contributed by atoms with E-state index in [4.69, 9.17) is 0 Å². The minimum Gasteiger partial charge on any atom is -0.393 e. The molecule has 1 saturated carbocycles. The first-order valence-corrected chi connectivity index (χ1v) is 11.7. The van der Waals surface area contributed by atoms with E-state index in [2.05, 4.69) is 0 Å². The van der Waals surface area contributed by atoms with E-state index >= 15 is 0 Å². The third-order valence-electron chi connectivity index (χ3n) is 5.82. The monoisotopic (exact) mass is 414 g/mol. The maximum Gasteiger partial charge on any atom is 0.163 e. The van der Waals surface area contributed by atoms with E-state index in [-0.39, 0.29) is 22.4 Å². The number of benzene rings is 1. The Morgan fingerprint density at radius 1 is 0.867 bits per heavy atom. The van der Waals surface area contributed by atoms with Crippen LogP contribution in [-0.2, 0) is 6.42 Å². The van der Waals surface area contributed by atoms with Crippen molar-refractivity contribution in [3.63, 3.8) is 0 Å². The second-order valence-electron chi connectivity index (χ2n) is 11.8. The van der Waals surface area contributed by atoms with Gasteiger partial charge in [-0.3, -0.25) is 9.59 Å². The Morgan fingerprint density at radius 3 is 1.77 bits per heavy atom. The average molecular weight is 415 g/mol. The van der Waals surface area contributed by atoms with Crippen LogP contribution >= 0.6 is 0 Å². The highest BCUT2D eigenvalue weighted by Crippen LogP contribution is 2.29. The molecule has 1 aliphatic rings. The molecular formula is C27H42O3. The summed E-state index contributed by atoms with van der Waals surface area (Å²) < 4.78 is 0. The van der Waals surface area contributed by atoms with Crippen molar-refractivity contribution in [1.29, 1.82) is 0 Å². The molecule has 0 aliphatic heterocycles. The van der Waals surface area contributed by atoms with E-state index in [0.29, 0.717) is 36.3 Å². The number of aliphatic hydroxyl groups is 1. The van der Waals surface area contributed by atoms with Gasteiger partial charge in [0, 0.05) is 24.0 Å². The fourth-order valence-electron chi connectivity index (χ4n) is 4.46. The number of hydrogen-bond acceptors (Lipinski definition) is 3. The van der Waals surface area contributed by atoms with Gasteiger partial charge >= 0.3 is 0 Å². The van der Waals surface area contributed by atoms with Crippen LogP contribution in [0.1, 0.15) is 119 Å². The summed E-state index contributed by atoms with van der Waals surface area (Å²) in [6.07, 6.45) is 8.01. The van der Waals surface area contributed by atoms with Gasteiger partial charge in [-0.1, -0.05) is 73.6 Å². The number of aliphatic hydroxyl groups excluding tert-OH is 1. The molecule has 0 spiro atoms. The first-order valence-electron chi connectivity index (χ1n) is 11.7. The van der Waals surface area contributed by atoms with Crippen LogP contribution in [0.4, 0.5) is 0 Å². The van der Waals surface area contributed by atoms with Crippen LogP contribution in [0.5, 0.6) is 0 Å². The van der Waals surface area contributed by atoms with Crippen LogP contribution in [0.15, 0.2) is 18.2 Å². The van der Waals surface area contributed by atoms with Crippen molar-refractivity contribution in [2.75, 3.05) is 0 Å². The highest BCUT2D eigenvalue weighted by molar-refractivity contribution is 6.02. The molecule has 3 heteroatoms. The number of carbonyl (C=O) groups is 2. The van der Waals surface area contributed by atoms with Gasteiger partial charge in [-0.15, -0.1) is 0 Å². The first-order chi connectivity index (χ1) is 13.8. The SMILES string of the molecule is CC(C)(C)CC(=O)c1cc(CC(O)CC2CCCCC2)cc(C(=O)CC(C)(C)C)c1.